The highest BCUT2D eigenvalue weighted by Gasteiger charge is 2.23. The van der Waals surface area contributed by atoms with Crippen LogP contribution in [0, 0.1) is 5.92 Å². The minimum absolute atomic E-state index is 0.206. The second kappa shape index (κ2) is 5.29. The van der Waals surface area contributed by atoms with Gasteiger partial charge in [0.1, 0.15) is 0 Å². The first kappa shape index (κ1) is 11.4. The molecule has 0 bridgehead atoms. The molecule has 3 nitrogen and oxygen atoms in total. The van der Waals surface area contributed by atoms with Crippen LogP contribution in [-0.2, 0) is 4.79 Å². The summed E-state index contributed by atoms with van der Waals surface area (Å²) in [6.07, 6.45) is 5.68. The molecular weight excluding hydrogens is 196 g/mol. The molecule has 0 aromatic carbocycles. The maximum Gasteiger partial charge on any atom is 0.225 e. The van der Waals surface area contributed by atoms with Gasteiger partial charge in [-0.05, 0) is 12.8 Å². The van der Waals surface area contributed by atoms with Gasteiger partial charge in [-0.15, -0.1) is 0 Å². The third-order valence-corrected chi connectivity index (χ3v) is 2.85. The molecule has 1 aliphatic rings. The third kappa shape index (κ3) is 3.25. The van der Waals surface area contributed by atoms with Crippen molar-refractivity contribution in [3.05, 3.63) is 0 Å². The maximum absolute atomic E-state index is 11.8. The number of rotatable bonds is 3. The van der Waals surface area contributed by atoms with Crippen molar-refractivity contribution in [2.75, 3.05) is 13.6 Å². The SMILES string of the molecule is CN(CC(N)=S)C(=O)C1CCCCC1. The summed E-state index contributed by atoms with van der Waals surface area (Å²) in [7, 11) is 1.77. The van der Waals surface area contributed by atoms with Crippen molar-refractivity contribution in [1.29, 1.82) is 0 Å². The molecule has 0 radical (unpaired) electrons. The highest BCUT2D eigenvalue weighted by Crippen LogP contribution is 2.24. The average molecular weight is 214 g/mol. The van der Waals surface area contributed by atoms with E-state index in [-0.39, 0.29) is 11.8 Å². The number of amides is 1. The molecule has 0 spiro atoms. The first-order chi connectivity index (χ1) is 6.61. The molecule has 1 amide bonds. The van der Waals surface area contributed by atoms with Crippen LogP contribution in [0.15, 0.2) is 0 Å². The molecule has 2 N–H and O–H groups in total. The van der Waals surface area contributed by atoms with E-state index < -0.39 is 0 Å². The van der Waals surface area contributed by atoms with Crippen molar-refractivity contribution < 1.29 is 4.79 Å². The molecule has 80 valence electrons. The van der Waals surface area contributed by atoms with E-state index in [0.717, 1.165) is 12.8 Å². The molecule has 0 aromatic heterocycles. The van der Waals surface area contributed by atoms with Gasteiger partial charge in [-0.25, -0.2) is 0 Å². The Morgan fingerprint density at radius 1 is 1.43 bits per heavy atom. The second-order valence-corrected chi connectivity index (χ2v) is 4.52. The summed E-state index contributed by atoms with van der Waals surface area (Å²) >= 11 is 4.78. The van der Waals surface area contributed by atoms with Crippen LogP contribution < -0.4 is 5.73 Å². The normalized spacial score (nSPS) is 17.8. The first-order valence-electron chi connectivity index (χ1n) is 5.14. The Bertz CT molecular complexity index is 224. The van der Waals surface area contributed by atoms with Crippen LogP contribution in [-0.4, -0.2) is 29.4 Å². The fourth-order valence-corrected chi connectivity index (χ4v) is 2.17. The Hall–Kier alpha value is -0.640. The molecule has 0 aliphatic heterocycles. The minimum Gasteiger partial charge on any atom is -0.392 e. The molecule has 1 aliphatic carbocycles. The van der Waals surface area contributed by atoms with Gasteiger partial charge >= 0.3 is 0 Å². The summed E-state index contributed by atoms with van der Waals surface area (Å²) in [5.74, 6) is 0.417. The lowest BCUT2D eigenvalue weighted by Crippen LogP contribution is -2.38. The van der Waals surface area contributed by atoms with Crippen LogP contribution in [0.2, 0.25) is 0 Å². The highest BCUT2D eigenvalue weighted by atomic mass is 32.1. The van der Waals surface area contributed by atoms with Crippen LogP contribution in [0.3, 0.4) is 0 Å². The largest absolute Gasteiger partial charge is 0.392 e. The number of hydrogen-bond donors (Lipinski definition) is 1. The van der Waals surface area contributed by atoms with E-state index >= 15 is 0 Å². The number of thiocarbonyl (C=S) groups is 1. The Balaban J connectivity index is 2.42. The molecule has 0 unspecified atom stereocenters. The lowest BCUT2D eigenvalue weighted by Gasteiger charge is -2.25. The summed E-state index contributed by atoms with van der Waals surface area (Å²) in [5, 5.41) is 0. The van der Waals surface area contributed by atoms with Gasteiger partial charge < -0.3 is 10.6 Å². The van der Waals surface area contributed by atoms with Crippen molar-refractivity contribution in [3.8, 4) is 0 Å². The van der Waals surface area contributed by atoms with Gasteiger partial charge in [0.25, 0.3) is 0 Å². The van der Waals surface area contributed by atoms with E-state index in [0.29, 0.717) is 11.5 Å². The second-order valence-electron chi connectivity index (χ2n) is 4.00. The Morgan fingerprint density at radius 2 is 2.00 bits per heavy atom. The molecule has 0 saturated heterocycles. The monoisotopic (exact) mass is 214 g/mol. The van der Waals surface area contributed by atoms with Gasteiger partial charge in [-0.1, -0.05) is 31.5 Å². The Kier molecular flexibility index (Phi) is 4.32. The van der Waals surface area contributed by atoms with Crippen molar-refractivity contribution >= 4 is 23.1 Å². The lowest BCUT2D eigenvalue weighted by molar-refractivity contribution is -0.134. The number of likely N-dealkylation sites (N-methyl/N-ethyl adjacent to an activating group) is 1. The zero-order valence-corrected chi connectivity index (χ0v) is 9.48. The molecule has 1 rings (SSSR count). The lowest BCUT2D eigenvalue weighted by atomic mass is 9.88. The topological polar surface area (TPSA) is 46.3 Å². The number of carbonyl (C=O) groups excluding carboxylic acids is 1. The van der Waals surface area contributed by atoms with E-state index in [1.807, 2.05) is 0 Å². The third-order valence-electron chi connectivity index (χ3n) is 2.72. The van der Waals surface area contributed by atoms with Crippen molar-refractivity contribution in [2.24, 2.45) is 11.7 Å². The van der Waals surface area contributed by atoms with Gasteiger partial charge in [-0.3, -0.25) is 4.79 Å². The summed E-state index contributed by atoms with van der Waals surface area (Å²) in [4.78, 5) is 13.9. The summed E-state index contributed by atoms with van der Waals surface area (Å²) < 4.78 is 0. The number of nitrogens with two attached hydrogens (primary N) is 1. The highest BCUT2D eigenvalue weighted by molar-refractivity contribution is 7.80. The molecule has 0 heterocycles. The fourth-order valence-electron chi connectivity index (χ4n) is 1.97. The van der Waals surface area contributed by atoms with Gasteiger partial charge in [0, 0.05) is 13.0 Å². The summed E-state index contributed by atoms with van der Waals surface area (Å²) in [6, 6.07) is 0. The predicted octanol–water partition coefficient (Wildman–Crippen LogP) is 1.31. The van der Waals surface area contributed by atoms with Crippen LogP contribution in [0.1, 0.15) is 32.1 Å². The maximum atomic E-state index is 11.8. The van der Waals surface area contributed by atoms with E-state index in [4.69, 9.17) is 18.0 Å². The quantitative estimate of drug-likeness (QED) is 0.721. The molecule has 0 atom stereocenters. The summed E-state index contributed by atoms with van der Waals surface area (Å²) in [6.45, 7) is 0.407. The van der Waals surface area contributed by atoms with Gasteiger partial charge in [0.2, 0.25) is 5.91 Å². The molecule has 4 heteroatoms. The predicted molar refractivity (Wildman–Crippen MR) is 61.0 cm³/mol. The van der Waals surface area contributed by atoms with Crippen molar-refractivity contribution in [3.63, 3.8) is 0 Å². The van der Waals surface area contributed by atoms with E-state index in [1.54, 1.807) is 11.9 Å². The van der Waals surface area contributed by atoms with Crippen LogP contribution >= 0.6 is 12.2 Å². The van der Waals surface area contributed by atoms with Crippen molar-refractivity contribution in [2.45, 2.75) is 32.1 Å². The van der Waals surface area contributed by atoms with Crippen molar-refractivity contribution in [1.82, 2.24) is 4.90 Å². The van der Waals surface area contributed by atoms with Crippen LogP contribution in [0.5, 0.6) is 0 Å². The van der Waals surface area contributed by atoms with E-state index in [2.05, 4.69) is 0 Å². The van der Waals surface area contributed by atoms with E-state index in [9.17, 15) is 4.79 Å². The molecule has 0 aromatic rings. The van der Waals surface area contributed by atoms with Gasteiger partial charge in [0.15, 0.2) is 0 Å². The molecule has 14 heavy (non-hydrogen) atoms. The van der Waals surface area contributed by atoms with Crippen LogP contribution in [0.25, 0.3) is 0 Å². The Morgan fingerprint density at radius 3 is 2.50 bits per heavy atom. The van der Waals surface area contributed by atoms with E-state index in [1.165, 1.54) is 19.3 Å². The Labute approximate surface area is 90.6 Å². The molecule has 1 saturated carbocycles. The first-order valence-corrected chi connectivity index (χ1v) is 5.55. The number of carbonyl (C=O) groups is 1. The van der Waals surface area contributed by atoms with Crippen LogP contribution in [0.4, 0.5) is 0 Å². The molecule has 1 fully saturated rings. The van der Waals surface area contributed by atoms with Gasteiger partial charge in [0.05, 0.1) is 11.5 Å². The number of nitrogens with zero attached hydrogens (tertiary/aromatic N) is 1. The number of hydrogen-bond acceptors (Lipinski definition) is 2. The zero-order chi connectivity index (χ0) is 10.6. The minimum atomic E-state index is 0.206. The smallest absolute Gasteiger partial charge is 0.225 e. The van der Waals surface area contributed by atoms with Gasteiger partial charge in [-0.2, -0.15) is 0 Å². The average Bonchev–Trinajstić information content (AvgIpc) is 2.17. The zero-order valence-electron chi connectivity index (χ0n) is 8.66. The molecular formula is C10H18N2OS. The fraction of sp³-hybridized carbons (Fsp3) is 0.800. The standard InChI is InChI=1S/C10H18N2OS/c1-12(7-9(11)14)10(13)8-5-3-2-4-6-8/h8H,2-7H2,1H3,(H2,11,14). The summed E-state index contributed by atoms with van der Waals surface area (Å²) in [5.41, 5.74) is 5.40.